The summed E-state index contributed by atoms with van der Waals surface area (Å²) in [5.74, 6) is -4.18. The van der Waals surface area contributed by atoms with Crippen LogP contribution in [-0.2, 0) is 29.2 Å². The van der Waals surface area contributed by atoms with Gasteiger partial charge in [0.2, 0.25) is 21.8 Å². The Hall–Kier alpha value is -2.29. The molecule has 0 bridgehead atoms. The summed E-state index contributed by atoms with van der Waals surface area (Å²) in [5.41, 5.74) is 0. The molecule has 0 aliphatic carbocycles. The highest BCUT2D eigenvalue weighted by atomic mass is 32.2. The van der Waals surface area contributed by atoms with Gasteiger partial charge in [-0.2, -0.15) is 0 Å². The summed E-state index contributed by atoms with van der Waals surface area (Å²) in [5, 5.41) is 31.9. The molecule has 0 aromatic heterocycles. The van der Waals surface area contributed by atoms with E-state index < -0.39 is 51.4 Å². The van der Waals surface area contributed by atoms with E-state index in [1.165, 1.54) is 19.3 Å². The number of sulfonamides is 1. The first-order valence-corrected chi connectivity index (χ1v) is 14.7. The summed E-state index contributed by atoms with van der Waals surface area (Å²) in [4.78, 5) is 49.7. The molecule has 0 radical (unpaired) electrons. The topological polar surface area (TPSA) is 193 Å². The van der Waals surface area contributed by atoms with Crippen LogP contribution in [0.5, 0.6) is 0 Å². The van der Waals surface area contributed by atoms with E-state index in [4.69, 9.17) is 20.4 Å². The maximum absolute atomic E-state index is 13.0. The van der Waals surface area contributed by atoms with Crippen LogP contribution >= 0.6 is 0 Å². The van der Waals surface area contributed by atoms with Gasteiger partial charge < -0.3 is 30.2 Å². The van der Waals surface area contributed by atoms with E-state index in [-0.39, 0.29) is 17.9 Å². The van der Waals surface area contributed by atoms with Crippen molar-refractivity contribution in [1.82, 2.24) is 14.1 Å². The van der Waals surface area contributed by atoms with Crippen molar-refractivity contribution in [2.45, 2.75) is 95.3 Å². The number of carbonyl (C=O) groups excluding carboxylic acids is 2. The number of carbonyl (C=O) groups is 4. The molecule has 3 saturated heterocycles. The number of carboxylic acid groups (broad SMARTS) is 2. The Morgan fingerprint density at radius 2 is 1.53 bits per heavy atom. The first kappa shape index (κ1) is 31.9. The molecule has 3 aliphatic heterocycles. The lowest BCUT2D eigenvalue weighted by Gasteiger charge is -2.30. The van der Waals surface area contributed by atoms with Crippen LogP contribution in [0.2, 0.25) is 0 Å². The van der Waals surface area contributed by atoms with Gasteiger partial charge >= 0.3 is 11.9 Å². The number of aliphatic hydroxyl groups is 2. The lowest BCUT2D eigenvalue weighted by molar-refractivity contribution is -0.165. The van der Waals surface area contributed by atoms with Gasteiger partial charge in [0.1, 0.15) is 0 Å². The fraction of sp³-hybridized carbons (Fsp3) is 0.833. The standard InChI is InChI=1S/C20H35N3O4S.C4H6O6/c1-4-8-16-19-17(23(20(16)25)28(26,27)15(2)3)9-14-22(19)18(24)10-13-21-11-6-5-7-12-21;5-1(3(7)8)2(6)4(9)10/h15-17,19H,4-14H2,1-3H3;1-2,5-6H,(H,7,8)(H,9,10)/t16-,17+,19-;/m1./s1. The Bertz CT molecular complexity index is 948. The van der Waals surface area contributed by atoms with E-state index in [1.807, 2.05) is 11.8 Å². The molecule has 14 heteroatoms. The number of hydrogen-bond acceptors (Lipinski definition) is 9. The SMILES string of the molecule is CCC[C@H]1C(=O)N(S(=O)(=O)C(C)C)[C@H]2CCN(C(=O)CCN3CCCCC3)[C@H]12.O=C(O)C(O)C(O)C(=O)O. The third kappa shape index (κ3) is 7.21. The van der Waals surface area contributed by atoms with Crippen LogP contribution < -0.4 is 0 Å². The molecule has 2 amide bonds. The van der Waals surface area contributed by atoms with Crippen LogP contribution in [0.3, 0.4) is 0 Å². The van der Waals surface area contributed by atoms with E-state index in [9.17, 15) is 27.6 Å². The molecule has 218 valence electrons. The first-order chi connectivity index (χ1) is 17.7. The second kappa shape index (κ2) is 13.7. The Labute approximate surface area is 223 Å². The Morgan fingerprint density at radius 1 is 0.974 bits per heavy atom. The molecule has 0 spiro atoms. The van der Waals surface area contributed by atoms with Gasteiger partial charge in [-0.05, 0) is 52.6 Å². The van der Waals surface area contributed by atoms with Crippen LogP contribution in [0.1, 0.15) is 65.7 Å². The van der Waals surface area contributed by atoms with Crippen LogP contribution in [0, 0.1) is 5.92 Å². The molecule has 0 aromatic rings. The molecule has 0 saturated carbocycles. The molecule has 3 heterocycles. The Balaban J connectivity index is 0.000000432. The van der Waals surface area contributed by atoms with Gasteiger partial charge in [-0.25, -0.2) is 22.3 Å². The minimum atomic E-state index is -3.67. The second-order valence-corrected chi connectivity index (χ2v) is 12.6. The molecule has 3 aliphatic rings. The fourth-order valence-corrected chi connectivity index (χ4v) is 6.75. The van der Waals surface area contributed by atoms with Crippen molar-refractivity contribution >= 4 is 33.8 Å². The van der Waals surface area contributed by atoms with Gasteiger partial charge in [0.15, 0.2) is 12.2 Å². The van der Waals surface area contributed by atoms with Crippen molar-refractivity contribution in [3.05, 3.63) is 0 Å². The van der Waals surface area contributed by atoms with Gasteiger partial charge in [0, 0.05) is 19.5 Å². The molecular formula is C24H41N3O10S. The number of fused-ring (bicyclic) bond motifs is 1. The number of likely N-dealkylation sites (tertiary alicyclic amines) is 2. The molecule has 38 heavy (non-hydrogen) atoms. The average Bonchev–Trinajstić information content (AvgIpc) is 3.40. The van der Waals surface area contributed by atoms with Gasteiger partial charge in [-0.3, -0.25) is 9.59 Å². The number of rotatable bonds is 10. The van der Waals surface area contributed by atoms with Crippen molar-refractivity contribution in [2.24, 2.45) is 5.92 Å². The predicted octanol–water partition coefficient (Wildman–Crippen LogP) is -0.294. The summed E-state index contributed by atoms with van der Waals surface area (Å²) in [6.07, 6.45) is 1.54. The number of carboxylic acids is 2. The molecule has 2 unspecified atom stereocenters. The van der Waals surface area contributed by atoms with Crippen LogP contribution in [-0.4, -0.2) is 122 Å². The fourth-order valence-electron chi connectivity index (χ4n) is 5.30. The van der Waals surface area contributed by atoms with Crippen molar-refractivity contribution in [1.29, 1.82) is 0 Å². The van der Waals surface area contributed by atoms with E-state index in [0.717, 1.165) is 30.4 Å². The molecule has 13 nitrogen and oxygen atoms in total. The Morgan fingerprint density at radius 3 is 2.00 bits per heavy atom. The number of nitrogens with zero attached hydrogens (tertiary/aromatic N) is 3. The normalized spacial score (nSPS) is 25.5. The lowest BCUT2D eigenvalue weighted by Crippen LogP contribution is -2.45. The summed E-state index contributed by atoms with van der Waals surface area (Å²) in [7, 11) is -3.67. The zero-order chi connectivity index (χ0) is 28.8. The van der Waals surface area contributed by atoms with Crippen LogP contribution in [0.4, 0.5) is 0 Å². The number of hydrogen-bond donors (Lipinski definition) is 4. The number of aliphatic carboxylic acids is 2. The summed E-state index contributed by atoms with van der Waals surface area (Å²) in [6, 6.07) is -0.690. The minimum absolute atomic E-state index is 0.0655. The summed E-state index contributed by atoms with van der Waals surface area (Å²) in [6.45, 7) is 8.63. The first-order valence-electron chi connectivity index (χ1n) is 13.2. The molecule has 0 aromatic carbocycles. The number of aliphatic hydroxyl groups excluding tert-OH is 2. The second-order valence-electron chi connectivity index (χ2n) is 10.3. The number of amides is 2. The minimum Gasteiger partial charge on any atom is -0.479 e. The van der Waals surface area contributed by atoms with E-state index in [2.05, 4.69) is 4.90 Å². The van der Waals surface area contributed by atoms with Gasteiger partial charge in [0.25, 0.3) is 0 Å². The van der Waals surface area contributed by atoms with E-state index in [0.29, 0.717) is 25.8 Å². The van der Waals surface area contributed by atoms with Crippen LogP contribution in [0.25, 0.3) is 0 Å². The quantitative estimate of drug-likeness (QED) is 0.273. The maximum atomic E-state index is 13.0. The predicted molar refractivity (Wildman–Crippen MR) is 135 cm³/mol. The molecular weight excluding hydrogens is 522 g/mol. The largest absolute Gasteiger partial charge is 0.479 e. The zero-order valence-corrected chi connectivity index (χ0v) is 23.0. The highest BCUT2D eigenvalue weighted by molar-refractivity contribution is 7.90. The van der Waals surface area contributed by atoms with Crippen molar-refractivity contribution < 1.29 is 48.0 Å². The van der Waals surface area contributed by atoms with Crippen molar-refractivity contribution in [3.63, 3.8) is 0 Å². The zero-order valence-electron chi connectivity index (χ0n) is 22.2. The van der Waals surface area contributed by atoms with Gasteiger partial charge in [0.05, 0.1) is 23.3 Å². The van der Waals surface area contributed by atoms with E-state index >= 15 is 0 Å². The molecule has 3 rings (SSSR count). The highest BCUT2D eigenvalue weighted by Crippen LogP contribution is 2.41. The third-order valence-corrected chi connectivity index (χ3v) is 9.54. The lowest BCUT2D eigenvalue weighted by atomic mass is 9.94. The van der Waals surface area contributed by atoms with Crippen molar-refractivity contribution in [2.75, 3.05) is 26.2 Å². The maximum Gasteiger partial charge on any atom is 0.335 e. The monoisotopic (exact) mass is 563 g/mol. The smallest absolute Gasteiger partial charge is 0.335 e. The van der Waals surface area contributed by atoms with Crippen molar-refractivity contribution in [3.8, 4) is 0 Å². The summed E-state index contributed by atoms with van der Waals surface area (Å²) < 4.78 is 26.8. The third-order valence-electron chi connectivity index (χ3n) is 7.35. The summed E-state index contributed by atoms with van der Waals surface area (Å²) >= 11 is 0. The highest BCUT2D eigenvalue weighted by Gasteiger charge is 2.58. The number of piperidine rings is 1. The molecule has 4 N–H and O–H groups in total. The van der Waals surface area contributed by atoms with Crippen LogP contribution in [0.15, 0.2) is 0 Å². The average molecular weight is 564 g/mol. The van der Waals surface area contributed by atoms with Gasteiger partial charge in [-0.15, -0.1) is 0 Å². The molecule has 5 atom stereocenters. The van der Waals surface area contributed by atoms with Gasteiger partial charge in [-0.1, -0.05) is 19.8 Å². The Kier molecular flexibility index (Phi) is 11.5. The molecule has 3 fully saturated rings. The van der Waals surface area contributed by atoms with E-state index in [1.54, 1.807) is 13.8 Å².